The Morgan fingerprint density at radius 1 is 1.38 bits per heavy atom. The SMILES string of the molecule is Cc1cccc(C2(N)CCC2)c1OC(F)F. The molecule has 1 fully saturated rings. The third-order valence-electron chi connectivity index (χ3n) is 3.20. The summed E-state index contributed by atoms with van der Waals surface area (Å²) in [6.07, 6.45) is 2.70. The second-order valence-corrected chi connectivity index (χ2v) is 4.34. The van der Waals surface area contributed by atoms with Crippen LogP contribution in [0.15, 0.2) is 18.2 Å². The molecule has 0 amide bonds. The number of benzene rings is 1. The van der Waals surface area contributed by atoms with Crippen LogP contribution in [0, 0.1) is 6.92 Å². The molecule has 4 heteroatoms. The average molecular weight is 227 g/mol. The summed E-state index contributed by atoms with van der Waals surface area (Å²) in [4.78, 5) is 0. The summed E-state index contributed by atoms with van der Waals surface area (Å²) in [5.41, 5.74) is 7.08. The van der Waals surface area contributed by atoms with Gasteiger partial charge in [-0.1, -0.05) is 18.2 Å². The molecule has 1 aromatic rings. The molecule has 0 radical (unpaired) electrons. The van der Waals surface area contributed by atoms with Gasteiger partial charge in [0.25, 0.3) is 0 Å². The molecule has 0 unspecified atom stereocenters. The lowest BCUT2D eigenvalue weighted by Gasteiger charge is -2.39. The van der Waals surface area contributed by atoms with Gasteiger partial charge in [0.05, 0.1) is 0 Å². The summed E-state index contributed by atoms with van der Waals surface area (Å²) in [6, 6.07) is 5.36. The first kappa shape index (κ1) is 11.3. The largest absolute Gasteiger partial charge is 0.434 e. The van der Waals surface area contributed by atoms with Crippen molar-refractivity contribution in [2.75, 3.05) is 0 Å². The molecule has 0 aromatic heterocycles. The zero-order chi connectivity index (χ0) is 11.8. The molecule has 88 valence electrons. The molecule has 0 saturated heterocycles. The predicted molar refractivity (Wildman–Crippen MR) is 57.5 cm³/mol. The number of nitrogens with two attached hydrogens (primary N) is 1. The summed E-state index contributed by atoms with van der Waals surface area (Å²) >= 11 is 0. The van der Waals surface area contributed by atoms with Crippen molar-refractivity contribution in [3.05, 3.63) is 29.3 Å². The number of rotatable bonds is 3. The summed E-state index contributed by atoms with van der Waals surface area (Å²) in [7, 11) is 0. The van der Waals surface area contributed by atoms with Crippen LogP contribution in [0.25, 0.3) is 0 Å². The molecule has 1 saturated carbocycles. The lowest BCUT2D eigenvalue weighted by Crippen LogP contribution is -2.43. The Hall–Kier alpha value is -1.16. The van der Waals surface area contributed by atoms with E-state index in [2.05, 4.69) is 4.74 Å². The van der Waals surface area contributed by atoms with Gasteiger partial charge in [-0.05, 0) is 31.7 Å². The maximum Gasteiger partial charge on any atom is 0.387 e. The Labute approximate surface area is 93.4 Å². The summed E-state index contributed by atoms with van der Waals surface area (Å²) < 4.78 is 29.2. The molecule has 16 heavy (non-hydrogen) atoms. The fraction of sp³-hybridized carbons (Fsp3) is 0.500. The number of ether oxygens (including phenoxy) is 1. The van der Waals surface area contributed by atoms with E-state index in [0.717, 1.165) is 19.3 Å². The average Bonchev–Trinajstić information content (AvgIpc) is 2.17. The van der Waals surface area contributed by atoms with Crippen LogP contribution in [-0.4, -0.2) is 6.61 Å². The lowest BCUT2D eigenvalue weighted by atomic mass is 9.72. The molecule has 2 N–H and O–H groups in total. The Morgan fingerprint density at radius 3 is 2.56 bits per heavy atom. The monoisotopic (exact) mass is 227 g/mol. The van der Waals surface area contributed by atoms with Crippen LogP contribution in [-0.2, 0) is 5.54 Å². The fourth-order valence-corrected chi connectivity index (χ4v) is 2.12. The van der Waals surface area contributed by atoms with Gasteiger partial charge in [-0.2, -0.15) is 8.78 Å². The maximum atomic E-state index is 12.3. The van der Waals surface area contributed by atoms with Crippen LogP contribution in [0.2, 0.25) is 0 Å². The highest BCUT2D eigenvalue weighted by molar-refractivity contribution is 5.45. The van der Waals surface area contributed by atoms with Gasteiger partial charge < -0.3 is 10.5 Å². The molecule has 2 nitrogen and oxygen atoms in total. The van der Waals surface area contributed by atoms with Crippen molar-refractivity contribution in [3.63, 3.8) is 0 Å². The first-order valence-electron chi connectivity index (χ1n) is 5.37. The number of hydrogen-bond donors (Lipinski definition) is 1. The first-order chi connectivity index (χ1) is 7.53. The van der Waals surface area contributed by atoms with Crippen molar-refractivity contribution in [2.45, 2.75) is 38.3 Å². The lowest BCUT2D eigenvalue weighted by molar-refractivity contribution is -0.0519. The van der Waals surface area contributed by atoms with Crippen molar-refractivity contribution in [1.82, 2.24) is 0 Å². The summed E-state index contributed by atoms with van der Waals surface area (Å²) in [5.74, 6) is 0.250. The summed E-state index contributed by atoms with van der Waals surface area (Å²) in [6.45, 7) is -1.05. The van der Waals surface area contributed by atoms with Gasteiger partial charge >= 0.3 is 6.61 Å². The van der Waals surface area contributed by atoms with Gasteiger partial charge in [-0.25, -0.2) is 0 Å². The van der Waals surface area contributed by atoms with Crippen molar-refractivity contribution < 1.29 is 13.5 Å². The predicted octanol–water partition coefficient (Wildman–Crippen LogP) is 2.93. The fourth-order valence-electron chi connectivity index (χ4n) is 2.12. The molecular formula is C12H15F2NO. The molecule has 1 aliphatic carbocycles. The topological polar surface area (TPSA) is 35.2 Å². The molecular weight excluding hydrogens is 212 g/mol. The van der Waals surface area contributed by atoms with Crippen molar-refractivity contribution in [3.8, 4) is 5.75 Å². The third-order valence-corrected chi connectivity index (χ3v) is 3.20. The van der Waals surface area contributed by atoms with Crippen molar-refractivity contribution in [2.24, 2.45) is 5.73 Å². The molecule has 1 aromatic carbocycles. The number of para-hydroxylation sites is 1. The smallest absolute Gasteiger partial charge is 0.387 e. The highest BCUT2D eigenvalue weighted by Gasteiger charge is 2.37. The molecule has 0 spiro atoms. The zero-order valence-electron chi connectivity index (χ0n) is 9.17. The molecule has 0 atom stereocenters. The van der Waals surface area contributed by atoms with Gasteiger partial charge in [0.1, 0.15) is 5.75 Å². The normalized spacial score (nSPS) is 18.3. The van der Waals surface area contributed by atoms with Crippen LogP contribution in [0.1, 0.15) is 30.4 Å². The number of alkyl halides is 2. The van der Waals surface area contributed by atoms with E-state index >= 15 is 0 Å². The number of halogens is 2. The van der Waals surface area contributed by atoms with E-state index in [-0.39, 0.29) is 5.75 Å². The molecule has 2 rings (SSSR count). The second kappa shape index (κ2) is 4.01. The van der Waals surface area contributed by atoms with Gasteiger partial charge in [0, 0.05) is 11.1 Å². The Bertz CT molecular complexity index is 389. The minimum absolute atomic E-state index is 0.250. The molecule has 0 heterocycles. The van der Waals surface area contributed by atoms with E-state index < -0.39 is 12.2 Å². The minimum Gasteiger partial charge on any atom is -0.434 e. The molecule has 0 bridgehead atoms. The van der Waals surface area contributed by atoms with Gasteiger partial charge in [-0.3, -0.25) is 0 Å². The Morgan fingerprint density at radius 2 is 2.06 bits per heavy atom. The highest BCUT2D eigenvalue weighted by Crippen LogP contribution is 2.44. The van der Waals surface area contributed by atoms with Crippen LogP contribution in [0.4, 0.5) is 8.78 Å². The van der Waals surface area contributed by atoms with Gasteiger partial charge in [0.2, 0.25) is 0 Å². The second-order valence-electron chi connectivity index (χ2n) is 4.34. The van der Waals surface area contributed by atoms with E-state index in [1.165, 1.54) is 0 Å². The standard InChI is InChI=1S/C12H15F2NO/c1-8-4-2-5-9(10(8)16-11(13)14)12(15)6-3-7-12/h2,4-5,11H,3,6-7,15H2,1H3. The van der Waals surface area contributed by atoms with E-state index in [4.69, 9.17) is 5.73 Å². The van der Waals surface area contributed by atoms with Crippen LogP contribution in [0.3, 0.4) is 0 Å². The Balaban J connectivity index is 2.39. The number of aryl methyl sites for hydroxylation is 1. The van der Waals surface area contributed by atoms with E-state index in [1.807, 2.05) is 6.07 Å². The van der Waals surface area contributed by atoms with Gasteiger partial charge in [-0.15, -0.1) is 0 Å². The van der Waals surface area contributed by atoms with E-state index in [9.17, 15) is 8.78 Å². The van der Waals surface area contributed by atoms with E-state index in [0.29, 0.717) is 11.1 Å². The van der Waals surface area contributed by atoms with Gasteiger partial charge in [0.15, 0.2) is 0 Å². The molecule has 1 aliphatic rings. The van der Waals surface area contributed by atoms with E-state index in [1.54, 1.807) is 19.1 Å². The highest BCUT2D eigenvalue weighted by atomic mass is 19.3. The van der Waals surface area contributed by atoms with Crippen LogP contribution < -0.4 is 10.5 Å². The van der Waals surface area contributed by atoms with Crippen LogP contribution >= 0.6 is 0 Å². The van der Waals surface area contributed by atoms with Crippen LogP contribution in [0.5, 0.6) is 5.75 Å². The minimum atomic E-state index is -2.80. The number of hydrogen-bond acceptors (Lipinski definition) is 2. The van der Waals surface area contributed by atoms with Crippen molar-refractivity contribution in [1.29, 1.82) is 0 Å². The quantitative estimate of drug-likeness (QED) is 0.861. The van der Waals surface area contributed by atoms with Crippen molar-refractivity contribution >= 4 is 0 Å². The first-order valence-corrected chi connectivity index (χ1v) is 5.37. The zero-order valence-corrected chi connectivity index (χ0v) is 9.17. The maximum absolute atomic E-state index is 12.3. The summed E-state index contributed by atoms with van der Waals surface area (Å²) in [5, 5.41) is 0. The molecule has 0 aliphatic heterocycles. The third kappa shape index (κ3) is 1.89. The Kier molecular flexibility index (Phi) is 2.84.